The van der Waals surface area contributed by atoms with Crippen LogP contribution in [0.15, 0.2) is 194 Å². The van der Waals surface area contributed by atoms with Gasteiger partial charge in [0.15, 0.2) is 0 Å². The maximum atomic E-state index is 5.71. The van der Waals surface area contributed by atoms with Crippen LogP contribution < -0.4 is 0 Å². The maximum Gasteiger partial charge on any atom is 0.0979 e. The monoisotopic (exact) mass is 1110 g/mol. The largest absolute Gasteiger partial charge is 0.309 e. The molecule has 0 aliphatic carbocycles. The average molecular weight is 1110 g/mol. The van der Waals surface area contributed by atoms with E-state index in [2.05, 4.69) is 280 Å². The van der Waals surface area contributed by atoms with E-state index < -0.39 is 0 Å². The van der Waals surface area contributed by atoms with Crippen molar-refractivity contribution in [3.8, 4) is 67.1 Å². The van der Waals surface area contributed by atoms with Crippen LogP contribution in [0.1, 0.15) is 66.8 Å². The van der Waals surface area contributed by atoms with E-state index in [0.29, 0.717) is 0 Å². The average Bonchev–Trinajstić information content (AvgIpc) is 1.58. The van der Waals surface area contributed by atoms with Gasteiger partial charge < -0.3 is 9.13 Å². The predicted molar refractivity (Wildman–Crippen MR) is 367 cm³/mol. The van der Waals surface area contributed by atoms with Crippen molar-refractivity contribution in [3.05, 3.63) is 261 Å². The minimum Gasteiger partial charge on any atom is -0.309 e. The Hall–Kier alpha value is -9.90. The Morgan fingerprint density at radius 3 is 0.860 bits per heavy atom. The van der Waals surface area contributed by atoms with Gasteiger partial charge in [-0.3, -0.25) is 4.98 Å². The van der Waals surface area contributed by atoms with E-state index in [1.165, 1.54) is 144 Å². The van der Waals surface area contributed by atoms with E-state index in [-0.39, 0.29) is 0 Å². The van der Waals surface area contributed by atoms with E-state index in [9.17, 15) is 0 Å². The summed E-state index contributed by atoms with van der Waals surface area (Å²) in [6.07, 6.45) is 2.00. The molecular weight excluding hydrogens is 1040 g/mol. The van der Waals surface area contributed by atoms with Gasteiger partial charge in [-0.25, -0.2) is 4.98 Å². The van der Waals surface area contributed by atoms with Gasteiger partial charge in [0.25, 0.3) is 0 Å². The summed E-state index contributed by atoms with van der Waals surface area (Å²) in [7, 11) is 0. The van der Waals surface area contributed by atoms with Gasteiger partial charge >= 0.3 is 0 Å². The molecule has 0 saturated carbocycles. The van der Waals surface area contributed by atoms with Gasteiger partial charge in [-0.05, 0) is 250 Å². The molecule has 3 aromatic heterocycles. The molecule has 0 amide bonds. The van der Waals surface area contributed by atoms with E-state index in [1.807, 2.05) is 6.20 Å². The second-order valence-electron chi connectivity index (χ2n) is 25.0. The summed E-state index contributed by atoms with van der Waals surface area (Å²) >= 11 is 0. The second kappa shape index (κ2) is 19.9. The zero-order valence-corrected chi connectivity index (χ0v) is 51.3. The van der Waals surface area contributed by atoms with Crippen LogP contribution >= 0.6 is 0 Å². The number of fused-ring (bicyclic) bond motifs is 12. The van der Waals surface area contributed by atoms with Crippen molar-refractivity contribution in [3.63, 3.8) is 0 Å². The van der Waals surface area contributed by atoms with Crippen LogP contribution in [0, 0.1) is 83.1 Å². The highest BCUT2D eigenvalue weighted by atomic mass is 15.0. The molecule has 0 radical (unpaired) electrons. The van der Waals surface area contributed by atoms with Crippen molar-refractivity contribution in [2.24, 2.45) is 0 Å². The molecule has 15 rings (SSSR count). The zero-order valence-electron chi connectivity index (χ0n) is 51.3. The van der Waals surface area contributed by atoms with Crippen LogP contribution in [0.5, 0.6) is 0 Å². The molecule has 416 valence electrons. The third kappa shape index (κ3) is 8.40. The Morgan fingerprint density at radius 1 is 0.256 bits per heavy atom. The molecule has 0 N–H and O–H groups in total. The molecule has 4 heteroatoms. The quantitative estimate of drug-likeness (QED) is 0.149. The zero-order chi connectivity index (χ0) is 59.1. The van der Waals surface area contributed by atoms with Gasteiger partial charge in [0.2, 0.25) is 0 Å². The Bertz CT molecular complexity index is 4820. The molecule has 0 saturated heterocycles. The van der Waals surface area contributed by atoms with Crippen LogP contribution in [0.3, 0.4) is 0 Å². The van der Waals surface area contributed by atoms with E-state index in [0.717, 1.165) is 66.5 Å². The molecule has 3 heterocycles. The Morgan fingerprint density at radius 2 is 0.547 bits per heavy atom. The molecule has 4 nitrogen and oxygen atoms in total. The van der Waals surface area contributed by atoms with E-state index in [1.54, 1.807) is 0 Å². The number of aromatic nitrogens is 4. The van der Waals surface area contributed by atoms with Gasteiger partial charge in [0.1, 0.15) is 0 Å². The molecule has 86 heavy (non-hydrogen) atoms. The molecule has 12 aromatic carbocycles. The molecule has 15 aromatic rings. The Kier molecular flexibility index (Phi) is 12.2. The Balaban J connectivity index is 1.05. The first-order valence-corrected chi connectivity index (χ1v) is 30.3. The maximum absolute atomic E-state index is 5.71. The third-order valence-electron chi connectivity index (χ3n) is 18.5. The lowest BCUT2D eigenvalue weighted by Crippen LogP contribution is -2.01. The van der Waals surface area contributed by atoms with Gasteiger partial charge in [-0.2, -0.15) is 0 Å². The lowest BCUT2D eigenvalue weighted by atomic mass is 9.91. The van der Waals surface area contributed by atoms with E-state index in [4.69, 9.17) is 9.97 Å². The first-order valence-electron chi connectivity index (χ1n) is 30.3. The number of benzene rings is 12. The lowest BCUT2D eigenvalue weighted by molar-refractivity contribution is 1.13. The van der Waals surface area contributed by atoms with Crippen molar-refractivity contribution in [2.45, 2.75) is 83.1 Å². The lowest BCUT2D eigenvalue weighted by Gasteiger charge is -2.17. The van der Waals surface area contributed by atoms with Crippen LogP contribution in [-0.4, -0.2) is 19.1 Å². The van der Waals surface area contributed by atoms with Crippen molar-refractivity contribution >= 4 is 76.2 Å². The molecular formula is C82H68N4. The highest BCUT2D eigenvalue weighted by Crippen LogP contribution is 2.45. The Labute approximate surface area is 503 Å². The summed E-state index contributed by atoms with van der Waals surface area (Å²) in [5.41, 5.74) is 35.6. The first kappa shape index (κ1) is 52.9. The highest BCUT2D eigenvalue weighted by Gasteiger charge is 2.23. The fraction of sp³-hybridized carbons (Fsp3) is 0.146. The summed E-state index contributed by atoms with van der Waals surface area (Å²) in [5, 5.41) is 9.36. The van der Waals surface area contributed by atoms with Crippen molar-refractivity contribution < 1.29 is 0 Å². The second-order valence-corrected chi connectivity index (χ2v) is 25.0. The van der Waals surface area contributed by atoms with Crippen LogP contribution in [0.4, 0.5) is 0 Å². The fourth-order valence-corrected chi connectivity index (χ4v) is 15.5. The standard InChI is InChI=1S/C82H68N4/c1-45-29-49(5)77(50(6)30-45)57-21-25-73-68(39-57)69-40-58(78-51(7)31-46(2)32-52(78)8)22-26-74(69)85(73)62-37-61(72-44-83-81-66-19-15-13-17-64(66)65-18-14-16-20-67(65)82(81)84-72)38-63(43-62)86-75-27-23-59(79-53(9)33-47(3)34-54(79)10)41-70(75)71-42-60(24-28-76(71)86)80-55(11)35-48(4)36-56(80)12/h13-44H,1-12H3. The van der Waals surface area contributed by atoms with Crippen molar-refractivity contribution in [2.75, 3.05) is 0 Å². The van der Waals surface area contributed by atoms with Crippen LogP contribution in [0.25, 0.3) is 143 Å². The normalized spacial score (nSPS) is 12.0. The summed E-state index contributed by atoms with van der Waals surface area (Å²) < 4.78 is 5.00. The van der Waals surface area contributed by atoms with Gasteiger partial charge in [0.05, 0.1) is 45.0 Å². The fourth-order valence-electron chi connectivity index (χ4n) is 15.5. The molecule has 0 atom stereocenters. The number of hydrogen-bond acceptors (Lipinski definition) is 2. The topological polar surface area (TPSA) is 35.6 Å². The molecule has 0 fully saturated rings. The molecule has 0 aliphatic heterocycles. The molecule has 0 bridgehead atoms. The van der Waals surface area contributed by atoms with Crippen LogP contribution in [-0.2, 0) is 0 Å². The van der Waals surface area contributed by atoms with Crippen molar-refractivity contribution in [1.82, 2.24) is 19.1 Å². The predicted octanol–water partition coefficient (Wildman–Crippen LogP) is 22.2. The number of nitrogens with zero attached hydrogens (tertiary/aromatic N) is 4. The highest BCUT2D eigenvalue weighted by molar-refractivity contribution is 6.23. The summed E-state index contributed by atoms with van der Waals surface area (Å²) in [6.45, 7) is 26.8. The minimum absolute atomic E-state index is 0.808. The SMILES string of the molecule is Cc1cc(C)c(-c2ccc3c(c2)c2cc(-c4c(C)cc(C)cc4C)ccc2n3-c2cc(-c3cnc4c5ccccc5c5ccccc5c4n3)cc(-n3c4ccc(-c5c(C)cc(C)cc5C)cc4c4cc(-c5c(C)cc(C)cc5C)ccc43)c2)c(C)c1. The number of rotatable bonds is 7. The van der Waals surface area contributed by atoms with E-state index >= 15 is 0 Å². The molecule has 0 unspecified atom stereocenters. The first-order chi connectivity index (χ1) is 41.5. The van der Waals surface area contributed by atoms with Gasteiger partial charge in [-0.15, -0.1) is 0 Å². The van der Waals surface area contributed by atoms with Gasteiger partial charge in [-0.1, -0.05) is 144 Å². The van der Waals surface area contributed by atoms with Crippen molar-refractivity contribution in [1.29, 1.82) is 0 Å². The third-order valence-corrected chi connectivity index (χ3v) is 18.5. The number of aryl methyl sites for hydroxylation is 12. The molecule has 0 spiro atoms. The van der Waals surface area contributed by atoms with Gasteiger partial charge in [0, 0.05) is 49.3 Å². The molecule has 0 aliphatic rings. The van der Waals surface area contributed by atoms with Crippen LogP contribution in [0.2, 0.25) is 0 Å². The minimum atomic E-state index is 0.808. The summed E-state index contributed by atoms with van der Waals surface area (Å²) in [6, 6.07) is 71.5. The smallest absolute Gasteiger partial charge is 0.0979 e. The number of hydrogen-bond donors (Lipinski definition) is 0. The summed E-state index contributed by atoms with van der Waals surface area (Å²) in [5.74, 6) is 0. The summed E-state index contributed by atoms with van der Waals surface area (Å²) in [4.78, 5) is 11.1.